The summed E-state index contributed by atoms with van der Waals surface area (Å²) in [6.07, 6.45) is 5.45. The molecule has 1 fully saturated rings. The van der Waals surface area contributed by atoms with Crippen molar-refractivity contribution in [2.24, 2.45) is 0 Å². The van der Waals surface area contributed by atoms with Gasteiger partial charge in [0.2, 0.25) is 0 Å². The molecule has 0 saturated heterocycles. The van der Waals surface area contributed by atoms with E-state index in [1.54, 1.807) is 14.2 Å². The number of hydrogen-bond acceptors (Lipinski definition) is 4. The van der Waals surface area contributed by atoms with Crippen molar-refractivity contribution < 1.29 is 14.6 Å². The standard InChI is InChI=1S/C17H27NO3/c1-13(18-17(12-19)8-4-5-9-17)10-14-6-7-15(20-2)16(11-14)21-3/h6-7,11,13,18-19H,4-5,8-10,12H2,1-3H3. The largest absolute Gasteiger partial charge is 0.493 e. The van der Waals surface area contributed by atoms with E-state index in [0.29, 0.717) is 6.04 Å². The van der Waals surface area contributed by atoms with Crippen molar-refractivity contribution in [1.29, 1.82) is 0 Å². The highest BCUT2D eigenvalue weighted by Gasteiger charge is 2.33. The molecule has 0 aliphatic heterocycles. The molecule has 118 valence electrons. The molecular formula is C17H27NO3. The first-order valence-corrected chi connectivity index (χ1v) is 7.72. The van der Waals surface area contributed by atoms with Crippen LogP contribution >= 0.6 is 0 Å². The van der Waals surface area contributed by atoms with E-state index >= 15 is 0 Å². The van der Waals surface area contributed by atoms with Gasteiger partial charge in [0.15, 0.2) is 11.5 Å². The second kappa shape index (κ2) is 7.14. The number of aliphatic hydroxyl groups is 1. The van der Waals surface area contributed by atoms with Crippen LogP contribution in [0.2, 0.25) is 0 Å². The molecule has 0 amide bonds. The first-order valence-electron chi connectivity index (χ1n) is 7.72. The van der Waals surface area contributed by atoms with Crippen molar-refractivity contribution in [3.63, 3.8) is 0 Å². The fraction of sp³-hybridized carbons (Fsp3) is 0.647. The predicted octanol–water partition coefficient (Wildman–Crippen LogP) is 2.53. The van der Waals surface area contributed by atoms with Gasteiger partial charge in [-0.15, -0.1) is 0 Å². The number of nitrogens with one attached hydrogen (secondary N) is 1. The third-order valence-corrected chi connectivity index (χ3v) is 4.41. The van der Waals surface area contributed by atoms with Gasteiger partial charge in [-0.3, -0.25) is 0 Å². The Morgan fingerprint density at radius 1 is 1.19 bits per heavy atom. The molecule has 0 bridgehead atoms. The molecular weight excluding hydrogens is 266 g/mol. The molecule has 1 aromatic rings. The second-order valence-corrected chi connectivity index (χ2v) is 6.08. The molecule has 1 aliphatic carbocycles. The van der Waals surface area contributed by atoms with Crippen LogP contribution in [-0.4, -0.2) is 37.5 Å². The third-order valence-electron chi connectivity index (χ3n) is 4.41. The molecule has 4 nitrogen and oxygen atoms in total. The van der Waals surface area contributed by atoms with Gasteiger partial charge in [0.05, 0.1) is 20.8 Å². The molecule has 0 heterocycles. The summed E-state index contributed by atoms with van der Waals surface area (Å²) in [6, 6.07) is 6.35. The Labute approximate surface area is 127 Å². The highest BCUT2D eigenvalue weighted by Crippen LogP contribution is 2.31. The monoisotopic (exact) mass is 293 g/mol. The maximum atomic E-state index is 9.68. The number of methoxy groups -OCH3 is 2. The SMILES string of the molecule is COc1ccc(CC(C)NC2(CO)CCCC2)cc1OC. The van der Waals surface area contributed by atoms with Gasteiger partial charge in [-0.25, -0.2) is 0 Å². The third kappa shape index (κ3) is 3.89. The predicted molar refractivity (Wildman–Crippen MR) is 84.1 cm³/mol. The summed E-state index contributed by atoms with van der Waals surface area (Å²) >= 11 is 0. The average molecular weight is 293 g/mol. The summed E-state index contributed by atoms with van der Waals surface area (Å²) in [7, 11) is 3.30. The molecule has 4 heteroatoms. The van der Waals surface area contributed by atoms with Crippen molar-refractivity contribution in [2.45, 2.75) is 50.6 Å². The Balaban J connectivity index is 2.00. The molecule has 0 radical (unpaired) electrons. The van der Waals surface area contributed by atoms with Crippen LogP contribution in [0.5, 0.6) is 11.5 Å². The van der Waals surface area contributed by atoms with Gasteiger partial charge < -0.3 is 19.9 Å². The Kier molecular flexibility index (Phi) is 5.48. The highest BCUT2D eigenvalue weighted by molar-refractivity contribution is 5.43. The number of hydrogen-bond donors (Lipinski definition) is 2. The Morgan fingerprint density at radius 2 is 1.86 bits per heavy atom. The molecule has 0 spiro atoms. The molecule has 1 atom stereocenters. The van der Waals surface area contributed by atoms with Gasteiger partial charge in [0, 0.05) is 11.6 Å². The van der Waals surface area contributed by atoms with Crippen molar-refractivity contribution in [3.8, 4) is 11.5 Å². The van der Waals surface area contributed by atoms with Crippen molar-refractivity contribution in [2.75, 3.05) is 20.8 Å². The zero-order valence-corrected chi connectivity index (χ0v) is 13.3. The summed E-state index contributed by atoms with van der Waals surface area (Å²) < 4.78 is 10.6. The van der Waals surface area contributed by atoms with Gasteiger partial charge >= 0.3 is 0 Å². The van der Waals surface area contributed by atoms with Crippen LogP contribution in [0, 0.1) is 0 Å². The number of ether oxygens (including phenoxy) is 2. The summed E-state index contributed by atoms with van der Waals surface area (Å²) in [5.41, 5.74) is 1.13. The Morgan fingerprint density at radius 3 is 2.43 bits per heavy atom. The summed E-state index contributed by atoms with van der Waals surface area (Å²) in [5.74, 6) is 1.52. The normalized spacial score (nSPS) is 18.5. The minimum absolute atomic E-state index is 0.0734. The van der Waals surface area contributed by atoms with Crippen LogP contribution in [-0.2, 0) is 6.42 Å². The second-order valence-electron chi connectivity index (χ2n) is 6.08. The van der Waals surface area contributed by atoms with Crippen LogP contribution < -0.4 is 14.8 Å². The van der Waals surface area contributed by atoms with Crippen molar-refractivity contribution in [3.05, 3.63) is 23.8 Å². The van der Waals surface area contributed by atoms with Crippen LogP contribution in [0.1, 0.15) is 38.2 Å². The average Bonchev–Trinajstić information content (AvgIpc) is 2.96. The lowest BCUT2D eigenvalue weighted by molar-refractivity contribution is 0.153. The van der Waals surface area contributed by atoms with Gasteiger partial charge in [-0.2, -0.15) is 0 Å². The van der Waals surface area contributed by atoms with E-state index < -0.39 is 0 Å². The summed E-state index contributed by atoms with van der Waals surface area (Å²) in [4.78, 5) is 0. The Hall–Kier alpha value is -1.26. The number of benzene rings is 1. The van der Waals surface area contributed by atoms with E-state index in [1.807, 2.05) is 12.1 Å². The lowest BCUT2D eigenvalue weighted by atomic mass is 9.96. The quantitative estimate of drug-likeness (QED) is 0.811. The summed E-state index contributed by atoms with van der Waals surface area (Å²) in [6.45, 7) is 2.40. The molecule has 1 unspecified atom stereocenters. The van der Waals surface area contributed by atoms with Crippen LogP contribution in [0.25, 0.3) is 0 Å². The van der Waals surface area contributed by atoms with Crippen LogP contribution in [0.3, 0.4) is 0 Å². The Bertz CT molecular complexity index is 455. The molecule has 21 heavy (non-hydrogen) atoms. The molecule has 1 aromatic carbocycles. The minimum Gasteiger partial charge on any atom is -0.493 e. The van der Waals surface area contributed by atoms with E-state index in [-0.39, 0.29) is 12.1 Å². The first kappa shape index (κ1) is 16.1. The van der Waals surface area contributed by atoms with Gasteiger partial charge in [-0.05, 0) is 43.9 Å². The molecule has 2 N–H and O–H groups in total. The van der Waals surface area contributed by atoms with E-state index in [2.05, 4.69) is 18.3 Å². The van der Waals surface area contributed by atoms with E-state index in [0.717, 1.165) is 30.8 Å². The van der Waals surface area contributed by atoms with Crippen molar-refractivity contribution in [1.82, 2.24) is 5.32 Å². The number of aliphatic hydroxyl groups excluding tert-OH is 1. The topological polar surface area (TPSA) is 50.7 Å². The maximum Gasteiger partial charge on any atom is 0.160 e. The molecule has 1 saturated carbocycles. The first-order chi connectivity index (χ1) is 10.1. The lowest BCUT2D eigenvalue weighted by Crippen LogP contribution is -2.50. The van der Waals surface area contributed by atoms with Gasteiger partial charge in [-0.1, -0.05) is 18.9 Å². The molecule has 1 aliphatic rings. The summed E-state index contributed by atoms with van der Waals surface area (Å²) in [5, 5.41) is 13.3. The zero-order valence-electron chi connectivity index (χ0n) is 13.3. The fourth-order valence-corrected chi connectivity index (χ4v) is 3.33. The smallest absolute Gasteiger partial charge is 0.160 e. The lowest BCUT2D eigenvalue weighted by Gasteiger charge is -2.32. The molecule has 0 aromatic heterocycles. The van der Waals surface area contributed by atoms with E-state index in [4.69, 9.17) is 9.47 Å². The zero-order chi connectivity index (χ0) is 15.3. The van der Waals surface area contributed by atoms with Gasteiger partial charge in [0.25, 0.3) is 0 Å². The van der Waals surface area contributed by atoms with Gasteiger partial charge in [0.1, 0.15) is 0 Å². The van der Waals surface area contributed by atoms with Crippen molar-refractivity contribution >= 4 is 0 Å². The van der Waals surface area contributed by atoms with Crippen LogP contribution in [0.4, 0.5) is 0 Å². The maximum absolute atomic E-state index is 9.68. The number of rotatable bonds is 7. The van der Waals surface area contributed by atoms with E-state index in [1.165, 1.54) is 18.4 Å². The van der Waals surface area contributed by atoms with Crippen LogP contribution in [0.15, 0.2) is 18.2 Å². The molecule has 2 rings (SSSR count). The van der Waals surface area contributed by atoms with E-state index in [9.17, 15) is 5.11 Å². The minimum atomic E-state index is -0.0734. The highest BCUT2D eigenvalue weighted by atomic mass is 16.5. The fourth-order valence-electron chi connectivity index (χ4n) is 3.33.